The number of benzene rings is 3. The molecule has 29 heavy (non-hydrogen) atoms. The van der Waals surface area contributed by atoms with Crippen molar-refractivity contribution in [2.45, 2.75) is 19.4 Å². The van der Waals surface area contributed by atoms with E-state index in [1.54, 1.807) is 74.5 Å². The van der Waals surface area contributed by atoms with Crippen LogP contribution in [0.3, 0.4) is 0 Å². The summed E-state index contributed by atoms with van der Waals surface area (Å²) in [6.07, 6.45) is 0. The number of hydrogen-bond donors (Lipinski definition) is 2. The van der Waals surface area contributed by atoms with E-state index in [1.807, 2.05) is 18.2 Å². The van der Waals surface area contributed by atoms with Crippen molar-refractivity contribution in [3.8, 4) is 5.75 Å². The zero-order valence-electron chi connectivity index (χ0n) is 16.1. The topological polar surface area (TPSA) is 67.4 Å². The molecular weight excluding hydrogens is 432 g/mol. The number of carbonyl (C=O) groups is 2. The van der Waals surface area contributed by atoms with Gasteiger partial charge >= 0.3 is 0 Å². The van der Waals surface area contributed by atoms with E-state index in [4.69, 9.17) is 4.74 Å². The van der Waals surface area contributed by atoms with Gasteiger partial charge < -0.3 is 15.4 Å². The molecule has 5 nitrogen and oxygen atoms in total. The molecule has 0 heterocycles. The molecule has 0 saturated carbocycles. The van der Waals surface area contributed by atoms with Crippen LogP contribution in [-0.4, -0.2) is 17.4 Å². The third-order valence-electron chi connectivity index (χ3n) is 4.15. The third-order valence-corrected chi connectivity index (χ3v) is 4.68. The van der Waals surface area contributed by atoms with Crippen LogP contribution >= 0.6 is 15.9 Å². The smallest absolute Gasteiger partial charge is 0.267 e. The fraction of sp³-hybridized carbons (Fsp3) is 0.130. The summed E-state index contributed by atoms with van der Waals surface area (Å²) in [7, 11) is 0. The molecule has 6 heteroatoms. The average Bonchev–Trinajstić information content (AvgIpc) is 2.70. The number of anilines is 2. The van der Waals surface area contributed by atoms with Gasteiger partial charge in [0.1, 0.15) is 5.75 Å². The molecule has 0 bridgehead atoms. The number of nitrogens with one attached hydrogen (secondary N) is 2. The van der Waals surface area contributed by atoms with Crippen molar-refractivity contribution in [1.29, 1.82) is 0 Å². The van der Waals surface area contributed by atoms with E-state index in [1.165, 1.54) is 0 Å². The lowest BCUT2D eigenvalue weighted by Gasteiger charge is -2.25. The number of rotatable bonds is 6. The minimum atomic E-state index is -1.09. The van der Waals surface area contributed by atoms with Crippen LogP contribution in [0.2, 0.25) is 0 Å². The number of hydrogen-bond acceptors (Lipinski definition) is 3. The third kappa shape index (κ3) is 5.68. The van der Waals surface area contributed by atoms with Crippen LogP contribution in [0, 0.1) is 0 Å². The van der Waals surface area contributed by atoms with Crippen LogP contribution in [0.1, 0.15) is 24.2 Å². The highest BCUT2D eigenvalue weighted by molar-refractivity contribution is 9.10. The van der Waals surface area contributed by atoms with Gasteiger partial charge in [0.15, 0.2) is 5.60 Å². The van der Waals surface area contributed by atoms with Crippen molar-refractivity contribution < 1.29 is 14.3 Å². The Morgan fingerprint density at radius 1 is 0.828 bits per heavy atom. The second kappa shape index (κ2) is 8.92. The average molecular weight is 453 g/mol. The van der Waals surface area contributed by atoms with E-state index in [0.29, 0.717) is 22.7 Å². The summed E-state index contributed by atoms with van der Waals surface area (Å²) in [6.45, 7) is 3.40. The molecule has 2 amide bonds. The van der Waals surface area contributed by atoms with Crippen LogP contribution in [0.5, 0.6) is 5.75 Å². The fourth-order valence-electron chi connectivity index (χ4n) is 2.59. The highest BCUT2D eigenvalue weighted by Crippen LogP contribution is 2.23. The maximum absolute atomic E-state index is 12.7. The van der Waals surface area contributed by atoms with Crippen molar-refractivity contribution in [3.63, 3.8) is 0 Å². The van der Waals surface area contributed by atoms with Crippen LogP contribution < -0.4 is 15.4 Å². The van der Waals surface area contributed by atoms with E-state index in [0.717, 1.165) is 4.47 Å². The molecule has 0 unspecified atom stereocenters. The Morgan fingerprint density at radius 2 is 1.45 bits per heavy atom. The highest BCUT2D eigenvalue weighted by Gasteiger charge is 2.30. The molecule has 0 spiro atoms. The number of ether oxygens (including phenoxy) is 1. The Kier molecular flexibility index (Phi) is 6.34. The Hall–Kier alpha value is -3.12. The largest absolute Gasteiger partial charge is 0.478 e. The molecule has 0 aliphatic heterocycles. The minimum absolute atomic E-state index is 0.215. The Balaban J connectivity index is 1.66. The van der Waals surface area contributed by atoms with Crippen LogP contribution in [0.4, 0.5) is 11.4 Å². The summed E-state index contributed by atoms with van der Waals surface area (Å²) in [4.78, 5) is 25.0. The summed E-state index contributed by atoms with van der Waals surface area (Å²) in [5, 5.41) is 5.67. The minimum Gasteiger partial charge on any atom is -0.478 e. The van der Waals surface area contributed by atoms with E-state index in [-0.39, 0.29) is 11.8 Å². The number of amides is 2. The van der Waals surface area contributed by atoms with Gasteiger partial charge in [0.25, 0.3) is 11.8 Å². The lowest BCUT2D eigenvalue weighted by atomic mass is 10.1. The predicted octanol–water partition coefficient (Wildman–Crippen LogP) is 5.50. The molecule has 3 aromatic rings. The quantitative estimate of drug-likeness (QED) is 0.518. The first kappa shape index (κ1) is 20.6. The van der Waals surface area contributed by atoms with Gasteiger partial charge in [0.2, 0.25) is 0 Å². The van der Waals surface area contributed by atoms with Crippen LogP contribution in [0.15, 0.2) is 83.3 Å². The van der Waals surface area contributed by atoms with E-state index in [9.17, 15) is 9.59 Å². The molecule has 0 aliphatic carbocycles. The lowest BCUT2D eigenvalue weighted by molar-refractivity contribution is -0.128. The maximum Gasteiger partial charge on any atom is 0.267 e. The molecular formula is C23H21BrN2O3. The fourth-order valence-corrected chi connectivity index (χ4v) is 2.86. The molecule has 3 rings (SSSR count). The standard InChI is InChI=1S/C23H21BrN2O3/c1-23(2,29-20-13-11-17(24)12-14-20)22(28)26-19-10-6-9-18(15-19)25-21(27)16-7-4-3-5-8-16/h3-15H,1-2H3,(H,25,27)(H,26,28). The van der Waals surface area contributed by atoms with Gasteiger partial charge in [0.05, 0.1) is 0 Å². The summed E-state index contributed by atoms with van der Waals surface area (Å²) in [5.41, 5.74) is 0.625. The molecule has 0 saturated heterocycles. The van der Waals surface area contributed by atoms with Gasteiger partial charge in [-0.25, -0.2) is 0 Å². The van der Waals surface area contributed by atoms with Crippen LogP contribution in [-0.2, 0) is 4.79 Å². The van der Waals surface area contributed by atoms with Gasteiger partial charge in [-0.15, -0.1) is 0 Å². The Labute approximate surface area is 178 Å². The Morgan fingerprint density at radius 3 is 2.10 bits per heavy atom. The number of carbonyl (C=O) groups excluding carboxylic acids is 2. The maximum atomic E-state index is 12.7. The van der Waals surface area contributed by atoms with Crippen molar-refractivity contribution in [1.82, 2.24) is 0 Å². The molecule has 0 atom stereocenters. The van der Waals surface area contributed by atoms with Crippen molar-refractivity contribution in [3.05, 3.63) is 88.9 Å². The Bertz CT molecular complexity index is 1000. The molecule has 2 N–H and O–H groups in total. The first-order valence-electron chi connectivity index (χ1n) is 9.06. The summed E-state index contributed by atoms with van der Waals surface area (Å²) >= 11 is 3.37. The molecule has 0 aliphatic rings. The second-order valence-corrected chi connectivity index (χ2v) is 7.84. The van der Waals surface area contributed by atoms with Gasteiger partial charge in [-0.2, -0.15) is 0 Å². The second-order valence-electron chi connectivity index (χ2n) is 6.92. The predicted molar refractivity (Wildman–Crippen MR) is 118 cm³/mol. The monoisotopic (exact) mass is 452 g/mol. The lowest BCUT2D eigenvalue weighted by Crippen LogP contribution is -2.42. The van der Waals surface area contributed by atoms with Crippen molar-refractivity contribution in [2.24, 2.45) is 0 Å². The first-order valence-corrected chi connectivity index (χ1v) is 9.85. The van der Waals surface area contributed by atoms with Gasteiger partial charge in [0, 0.05) is 21.4 Å². The van der Waals surface area contributed by atoms with E-state index >= 15 is 0 Å². The van der Waals surface area contributed by atoms with Crippen molar-refractivity contribution in [2.75, 3.05) is 10.6 Å². The molecule has 0 aromatic heterocycles. The van der Waals surface area contributed by atoms with E-state index in [2.05, 4.69) is 26.6 Å². The molecule has 0 radical (unpaired) electrons. The summed E-state index contributed by atoms with van der Waals surface area (Å²) < 4.78 is 6.77. The van der Waals surface area contributed by atoms with Crippen molar-refractivity contribution >= 4 is 39.1 Å². The first-order chi connectivity index (χ1) is 13.8. The molecule has 3 aromatic carbocycles. The van der Waals surface area contributed by atoms with Gasteiger partial charge in [-0.1, -0.05) is 40.2 Å². The zero-order chi connectivity index (χ0) is 20.9. The van der Waals surface area contributed by atoms with Gasteiger partial charge in [-0.3, -0.25) is 9.59 Å². The molecule has 148 valence electrons. The SMILES string of the molecule is CC(C)(Oc1ccc(Br)cc1)C(=O)Nc1cccc(NC(=O)c2ccccc2)c1. The highest BCUT2D eigenvalue weighted by atomic mass is 79.9. The zero-order valence-corrected chi connectivity index (χ0v) is 17.7. The number of halogens is 1. The molecule has 0 fully saturated rings. The van der Waals surface area contributed by atoms with E-state index < -0.39 is 5.60 Å². The summed E-state index contributed by atoms with van der Waals surface area (Å²) in [6, 6.07) is 23.2. The summed E-state index contributed by atoms with van der Waals surface area (Å²) in [5.74, 6) is 0.0807. The normalized spacial score (nSPS) is 10.9. The van der Waals surface area contributed by atoms with Crippen LogP contribution in [0.25, 0.3) is 0 Å². The van der Waals surface area contributed by atoms with Gasteiger partial charge in [-0.05, 0) is 68.4 Å².